The maximum Gasteiger partial charge on any atom is 0.351 e. The quantitative estimate of drug-likeness (QED) is 0.904. The van der Waals surface area contributed by atoms with E-state index < -0.39 is 11.8 Å². The van der Waals surface area contributed by atoms with Crippen molar-refractivity contribution in [1.29, 1.82) is 0 Å². The molecule has 1 aliphatic rings. The first-order valence-electron chi connectivity index (χ1n) is 5.66. The fourth-order valence-corrected chi connectivity index (χ4v) is 2.43. The highest BCUT2D eigenvalue weighted by Crippen LogP contribution is 2.35. The number of rotatable bonds is 2. The number of nitrogens with zero attached hydrogens (tertiary/aromatic N) is 1. The van der Waals surface area contributed by atoms with E-state index in [1.54, 1.807) is 6.07 Å². The molecule has 0 aliphatic carbocycles. The second-order valence-electron chi connectivity index (χ2n) is 4.10. The summed E-state index contributed by atoms with van der Waals surface area (Å²) < 4.78 is 28.6. The Bertz CT molecular complexity index is 447. The van der Waals surface area contributed by atoms with Crippen molar-refractivity contribution in [2.45, 2.75) is 5.92 Å². The molecule has 1 saturated heterocycles. The van der Waals surface area contributed by atoms with Crippen molar-refractivity contribution in [1.82, 2.24) is 10.2 Å². The topological polar surface area (TPSA) is 32.3 Å². The lowest BCUT2D eigenvalue weighted by Crippen LogP contribution is -2.51. The van der Waals surface area contributed by atoms with Crippen molar-refractivity contribution in [3.63, 3.8) is 0 Å². The third-order valence-corrected chi connectivity index (χ3v) is 3.58. The van der Waals surface area contributed by atoms with Gasteiger partial charge in [0.05, 0.1) is 0 Å². The summed E-state index contributed by atoms with van der Waals surface area (Å²) in [7, 11) is 0. The molecule has 18 heavy (non-hydrogen) atoms. The number of amides is 1. The average molecular weight is 319 g/mol. The van der Waals surface area contributed by atoms with Gasteiger partial charge in [-0.15, -0.1) is 0 Å². The van der Waals surface area contributed by atoms with Crippen LogP contribution in [0.15, 0.2) is 28.7 Å². The van der Waals surface area contributed by atoms with Crippen LogP contribution in [0.2, 0.25) is 0 Å². The summed E-state index contributed by atoms with van der Waals surface area (Å²) in [4.78, 5) is 13.1. The molecule has 0 atom stereocenters. The van der Waals surface area contributed by atoms with Gasteiger partial charge in [-0.1, -0.05) is 34.1 Å². The first-order chi connectivity index (χ1) is 8.53. The standard InChI is InChI=1S/C12H13BrF2N2O/c13-10-4-2-1-3-9(10)12(14,15)11(18)17-7-5-16-6-8-17/h1-4,16H,5-8H2. The van der Waals surface area contributed by atoms with Gasteiger partial charge in [-0.3, -0.25) is 4.79 Å². The molecule has 1 heterocycles. The first kappa shape index (κ1) is 13.4. The smallest absolute Gasteiger partial charge is 0.335 e. The lowest BCUT2D eigenvalue weighted by Gasteiger charge is -2.30. The van der Waals surface area contributed by atoms with E-state index in [4.69, 9.17) is 0 Å². The Morgan fingerprint density at radius 2 is 1.89 bits per heavy atom. The number of carbonyl (C=O) groups excluding carboxylic acids is 1. The van der Waals surface area contributed by atoms with E-state index in [9.17, 15) is 13.6 Å². The second kappa shape index (κ2) is 5.32. The van der Waals surface area contributed by atoms with Crippen LogP contribution in [-0.4, -0.2) is 37.0 Å². The maximum atomic E-state index is 14.2. The molecular formula is C12H13BrF2N2O. The van der Waals surface area contributed by atoms with Gasteiger partial charge < -0.3 is 10.2 Å². The van der Waals surface area contributed by atoms with Crippen LogP contribution >= 0.6 is 15.9 Å². The number of halogens is 3. The number of nitrogens with one attached hydrogen (secondary N) is 1. The molecular weight excluding hydrogens is 306 g/mol. The zero-order valence-corrected chi connectivity index (χ0v) is 11.2. The van der Waals surface area contributed by atoms with E-state index in [0.29, 0.717) is 26.2 Å². The highest BCUT2D eigenvalue weighted by Gasteiger charge is 2.45. The van der Waals surface area contributed by atoms with Gasteiger partial charge in [-0.05, 0) is 6.07 Å². The zero-order chi connectivity index (χ0) is 13.2. The van der Waals surface area contributed by atoms with Crippen molar-refractivity contribution >= 4 is 21.8 Å². The summed E-state index contributed by atoms with van der Waals surface area (Å²) in [5, 5.41) is 3.02. The monoisotopic (exact) mass is 318 g/mol. The molecule has 0 unspecified atom stereocenters. The molecule has 1 N–H and O–H groups in total. The summed E-state index contributed by atoms with van der Waals surface area (Å²) in [6.07, 6.45) is 0. The summed E-state index contributed by atoms with van der Waals surface area (Å²) in [6.45, 7) is 1.74. The normalized spacial score (nSPS) is 16.7. The number of alkyl halides is 2. The average Bonchev–Trinajstić information content (AvgIpc) is 2.39. The van der Waals surface area contributed by atoms with Gasteiger partial charge in [-0.2, -0.15) is 8.78 Å². The Morgan fingerprint density at radius 3 is 2.50 bits per heavy atom. The largest absolute Gasteiger partial charge is 0.351 e. The van der Waals surface area contributed by atoms with Gasteiger partial charge in [-0.25, -0.2) is 0 Å². The molecule has 0 radical (unpaired) electrons. The van der Waals surface area contributed by atoms with E-state index >= 15 is 0 Å². The molecule has 6 heteroatoms. The van der Waals surface area contributed by atoms with Crippen LogP contribution in [-0.2, 0) is 10.7 Å². The van der Waals surface area contributed by atoms with Crippen LogP contribution in [0.5, 0.6) is 0 Å². The van der Waals surface area contributed by atoms with Gasteiger partial charge in [0.25, 0.3) is 5.91 Å². The van der Waals surface area contributed by atoms with Crippen LogP contribution in [0.4, 0.5) is 8.78 Å². The highest BCUT2D eigenvalue weighted by molar-refractivity contribution is 9.10. The van der Waals surface area contributed by atoms with E-state index in [1.807, 2.05) is 0 Å². The maximum absolute atomic E-state index is 14.2. The van der Waals surface area contributed by atoms with Crippen molar-refractivity contribution in [3.05, 3.63) is 34.3 Å². The first-order valence-corrected chi connectivity index (χ1v) is 6.45. The van der Waals surface area contributed by atoms with Gasteiger partial charge in [0.2, 0.25) is 0 Å². The molecule has 0 aromatic heterocycles. The summed E-state index contributed by atoms with van der Waals surface area (Å²) in [5.74, 6) is -4.62. The van der Waals surface area contributed by atoms with E-state index in [0.717, 1.165) is 0 Å². The summed E-state index contributed by atoms with van der Waals surface area (Å²) in [6, 6.07) is 5.91. The van der Waals surface area contributed by atoms with Crippen molar-refractivity contribution < 1.29 is 13.6 Å². The Balaban J connectivity index is 2.24. The third kappa shape index (κ3) is 2.54. The third-order valence-electron chi connectivity index (χ3n) is 2.88. The molecule has 0 bridgehead atoms. The predicted octanol–water partition coefficient (Wildman–Crippen LogP) is 1.97. The Morgan fingerprint density at radius 1 is 1.28 bits per heavy atom. The van der Waals surface area contributed by atoms with E-state index in [-0.39, 0.29) is 10.0 Å². The van der Waals surface area contributed by atoms with Gasteiger partial charge in [0, 0.05) is 36.2 Å². The van der Waals surface area contributed by atoms with Crippen molar-refractivity contribution in [2.24, 2.45) is 0 Å². The number of benzene rings is 1. The zero-order valence-electron chi connectivity index (χ0n) is 9.63. The lowest BCUT2D eigenvalue weighted by atomic mass is 10.1. The van der Waals surface area contributed by atoms with Crippen molar-refractivity contribution in [2.75, 3.05) is 26.2 Å². The Labute approximate surface area is 112 Å². The fraction of sp³-hybridized carbons (Fsp3) is 0.417. The molecule has 0 spiro atoms. The van der Waals surface area contributed by atoms with Crippen LogP contribution in [0.1, 0.15) is 5.56 Å². The molecule has 1 amide bonds. The second-order valence-corrected chi connectivity index (χ2v) is 4.95. The van der Waals surface area contributed by atoms with Crippen LogP contribution < -0.4 is 5.32 Å². The number of hydrogen-bond acceptors (Lipinski definition) is 2. The lowest BCUT2D eigenvalue weighted by molar-refractivity contribution is -0.159. The molecule has 3 nitrogen and oxygen atoms in total. The molecule has 1 fully saturated rings. The molecule has 1 aromatic carbocycles. The van der Waals surface area contributed by atoms with Crippen LogP contribution in [0.25, 0.3) is 0 Å². The van der Waals surface area contributed by atoms with Gasteiger partial charge in [0.1, 0.15) is 0 Å². The minimum atomic E-state index is -3.49. The molecule has 0 saturated carbocycles. The minimum Gasteiger partial charge on any atom is -0.335 e. The summed E-state index contributed by atoms with van der Waals surface area (Å²) in [5.41, 5.74) is -0.284. The van der Waals surface area contributed by atoms with Crippen LogP contribution in [0.3, 0.4) is 0 Å². The molecule has 1 aromatic rings. The molecule has 98 valence electrons. The SMILES string of the molecule is O=C(N1CCNCC1)C(F)(F)c1ccccc1Br. The Kier molecular flexibility index (Phi) is 3.97. The minimum absolute atomic E-state index is 0.249. The number of carbonyl (C=O) groups is 1. The fourth-order valence-electron chi connectivity index (χ4n) is 1.90. The molecule has 2 rings (SSSR count). The number of hydrogen-bond donors (Lipinski definition) is 1. The predicted molar refractivity (Wildman–Crippen MR) is 67.5 cm³/mol. The van der Waals surface area contributed by atoms with Gasteiger partial charge >= 0.3 is 5.92 Å². The van der Waals surface area contributed by atoms with Crippen LogP contribution in [0, 0.1) is 0 Å². The van der Waals surface area contributed by atoms with E-state index in [2.05, 4.69) is 21.2 Å². The van der Waals surface area contributed by atoms with Crippen molar-refractivity contribution in [3.8, 4) is 0 Å². The summed E-state index contributed by atoms with van der Waals surface area (Å²) >= 11 is 3.06. The Hall–Kier alpha value is -1.01. The highest BCUT2D eigenvalue weighted by atomic mass is 79.9. The molecule has 1 aliphatic heterocycles. The van der Waals surface area contributed by atoms with E-state index in [1.165, 1.54) is 23.1 Å². The number of piperazine rings is 1. The van der Waals surface area contributed by atoms with Gasteiger partial charge in [0.15, 0.2) is 0 Å².